The van der Waals surface area contributed by atoms with Gasteiger partial charge in [0.1, 0.15) is 12.4 Å². The zero-order valence-corrected chi connectivity index (χ0v) is 12.5. The summed E-state index contributed by atoms with van der Waals surface area (Å²) in [5.74, 6) is 4.05. The molecule has 1 rings (SSSR count). The molecule has 21 heavy (non-hydrogen) atoms. The minimum atomic E-state index is -0.618. The molecule has 0 aromatic heterocycles. The van der Waals surface area contributed by atoms with Gasteiger partial charge in [-0.25, -0.2) is 4.39 Å². The Kier molecular flexibility index (Phi) is 6.86. The van der Waals surface area contributed by atoms with Crippen molar-refractivity contribution in [1.29, 1.82) is 0 Å². The van der Waals surface area contributed by atoms with Crippen molar-refractivity contribution in [2.45, 2.75) is 19.9 Å². The molecule has 1 aromatic carbocycles. The summed E-state index contributed by atoms with van der Waals surface area (Å²) in [7, 11) is 1.56. The van der Waals surface area contributed by atoms with Crippen LogP contribution in [0.1, 0.15) is 29.8 Å². The number of ether oxygens (including phenoxy) is 1. The van der Waals surface area contributed by atoms with Gasteiger partial charge in [-0.2, -0.15) is 0 Å². The Morgan fingerprint density at radius 3 is 2.76 bits per heavy atom. The topological polar surface area (TPSA) is 49.8 Å². The van der Waals surface area contributed by atoms with Crippen molar-refractivity contribution in [2.75, 3.05) is 26.9 Å². The molecule has 1 atom stereocenters. The van der Waals surface area contributed by atoms with Gasteiger partial charge in [0.05, 0.1) is 18.2 Å². The van der Waals surface area contributed by atoms with Crippen LogP contribution in [0.3, 0.4) is 0 Å². The predicted octanol–water partition coefficient (Wildman–Crippen LogP) is 1.67. The van der Waals surface area contributed by atoms with E-state index in [9.17, 15) is 9.18 Å². The molecular weight excluding hydrogens is 273 g/mol. The molecule has 1 amide bonds. The minimum Gasteiger partial charge on any atom is -0.384 e. The van der Waals surface area contributed by atoms with E-state index in [0.29, 0.717) is 18.7 Å². The van der Waals surface area contributed by atoms with Gasteiger partial charge in [-0.1, -0.05) is 11.8 Å². The number of halogens is 1. The second kappa shape index (κ2) is 8.40. The fourth-order valence-electron chi connectivity index (χ4n) is 2.05. The standard InChI is InChI=1S/C16H20FNO3/c1-4-18(12(2)11-21-3)16(20)14-8-7-13(6-5-9-19)10-15(14)17/h7-8,10,12,19H,4,9,11H2,1-3H3. The van der Waals surface area contributed by atoms with Crippen molar-refractivity contribution >= 4 is 5.91 Å². The van der Waals surface area contributed by atoms with E-state index in [-0.39, 0.29) is 24.1 Å². The van der Waals surface area contributed by atoms with E-state index in [1.807, 2.05) is 13.8 Å². The maximum atomic E-state index is 14.1. The first-order chi connectivity index (χ1) is 10.0. The third-order valence-corrected chi connectivity index (χ3v) is 3.05. The zero-order chi connectivity index (χ0) is 15.8. The van der Waals surface area contributed by atoms with Crippen LogP contribution in [-0.4, -0.2) is 48.8 Å². The minimum absolute atomic E-state index is 0.00866. The lowest BCUT2D eigenvalue weighted by atomic mass is 10.1. The number of amides is 1. The highest BCUT2D eigenvalue weighted by Gasteiger charge is 2.22. The first kappa shape index (κ1) is 17.2. The molecule has 0 aliphatic rings. The van der Waals surface area contributed by atoms with Crippen LogP contribution in [0.2, 0.25) is 0 Å². The van der Waals surface area contributed by atoms with E-state index in [1.54, 1.807) is 18.1 Å². The quantitative estimate of drug-likeness (QED) is 0.840. The number of likely N-dealkylation sites (N-methyl/N-ethyl adjacent to an activating group) is 1. The number of carbonyl (C=O) groups excluding carboxylic acids is 1. The van der Waals surface area contributed by atoms with Crippen molar-refractivity contribution in [3.05, 3.63) is 35.1 Å². The second-order valence-electron chi connectivity index (χ2n) is 4.55. The second-order valence-corrected chi connectivity index (χ2v) is 4.55. The molecule has 1 aromatic rings. The molecule has 1 N–H and O–H groups in total. The first-order valence-corrected chi connectivity index (χ1v) is 6.74. The fourth-order valence-corrected chi connectivity index (χ4v) is 2.05. The number of hydrogen-bond acceptors (Lipinski definition) is 3. The molecule has 4 nitrogen and oxygen atoms in total. The summed E-state index contributed by atoms with van der Waals surface area (Å²) < 4.78 is 19.1. The summed E-state index contributed by atoms with van der Waals surface area (Å²) in [6.07, 6.45) is 0. The Bertz CT molecular complexity index is 548. The molecule has 1 unspecified atom stereocenters. The molecule has 0 saturated carbocycles. The zero-order valence-electron chi connectivity index (χ0n) is 12.5. The summed E-state index contributed by atoms with van der Waals surface area (Å²) in [6.45, 7) is 4.25. The molecule has 0 heterocycles. The van der Waals surface area contributed by atoms with E-state index in [0.717, 1.165) is 0 Å². The Labute approximate surface area is 124 Å². The lowest BCUT2D eigenvalue weighted by Gasteiger charge is -2.27. The average Bonchev–Trinajstić information content (AvgIpc) is 2.46. The lowest BCUT2D eigenvalue weighted by Crippen LogP contribution is -2.41. The van der Waals surface area contributed by atoms with Gasteiger partial charge in [0.25, 0.3) is 5.91 Å². The van der Waals surface area contributed by atoms with Crippen LogP contribution in [-0.2, 0) is 4.74 Å². The van der Waals surface area contributed by atoms with Gasteiger partial charge in [0.2, 0.25) is 0 Å². The van der Waals surface area contributed by atoms with Gasteiger partial charge < -0.3 is 14.7 Å². The largest absolute Gasteiger partial charge is 0.384 e. The highest BCUT2D eigenvalue weighted by atomic mass is 19.1. The van der Waals surface area contributed by atoms with Crippen molar-refractivity contribution in [3.63, 3.8) is 0 Å². The van der Waals surface area contributed by atoms with Crippen LogP contribution in [0.5, 0.6) is 0 Å². The van der Waals surface area contributed by atoms with Gasteiger partial charge in [0, 0.05) is 19.2 Å². The molecule has 5 heteroatoms. The summed E-state index contributed by atoms with van der Waals surface area (Å²) in [6, 6.07) is 4.04. The van der Waals surface area contributed by atoms with Gasteiger partial charge >= 0.3 is 0 Å². The number of carbonyl (C=O) groups is 1. The summed E-state index contributed by atoms with van der Waals surface area (Å²) in [5, 5.41) is 8.62. The van der Waals surface area contributed by atoms with Gasteiger partial charge in [-0.3, -0.25) is 4.79 Å². The van der Waals surface area contributed by atoms with Crippen molar-refractivity contribution < 1.29 is 19.0 Å². The summed E-state index contributed by atoms with van der Waals surface area (Å²) >= 11 is 0. The molecule has 0 fully saturated rings. The van der Waals surface area contributed by atoms with Gasteiger partial charge in [0.15, 0.2) is 0 Å². The van der Waals surface area contributed by atoms with Gasteiger partial charge in [-0.05, 0) is 32.0 Å². The Hall–Kier alpha value is -1.90. The third kappa shape index (κ3) is 4.55. The van der Waals surface area contributed by atoms with Crippen LogP contribution in [0.15, 0.2) is 18.2 Å². The molecule has 0 saturated heterocycles. The lowest BCUT2D eigenvalue weighted by molar-refractivity contribution is 0.0575. The molecule has 0 radical (unpaired) electrons. The number of aliphatic hydroxyl groups excluding tert-OH is 1. The number of rotatable bonds is 5. The van der Waals surface area contributed by atoms with Crippen molar-refractivity contribution in [3.8, 4) is 11.8 Å². The van der Waals surface area contributed by atoms with Gasteiger partial charge in [-0.15, -0.1) is 0 Å². The molecule has 114 valence electrons. The van der Waals surface area contributed by atoms with Crippen molar-refractivity contribution in [1.82, 2.24) is 4.90 Å². The van der Waals surface area contributed by atoms with Crippen molar-refractivity contribution in [2.24, 2.45) is 0 Å². The van der Waals surface area contributed by atoms with E-state index < -0.39 is 5.82 Å². The molecule has 0 bridgehead atoms. The summed E-state index contributed by atoms with van der Waals surface area (Å²) in [5.41, 5.74) is 0.431. The summed E-state index contributed by atoms with van der Waals surface area (Å²) in [4.78, 5) is 13.9. The normalized spacial score (nSPS) is 11.5. The highest BCUT2D eigenvalue weighted by Crippen LogP contribution is 2.14. The van der Waals surface area contributed by atoms with E-state index >= 15 is 0 Å². The van der Waals surface area contributed by atoms with Crippen LogP contribution in [0.25, 0.3) is 0 Å². The molecule has 0 spiro atoms. The number of aliphatic hydroxyl groups is 1. The Morgan fingerprint density at radius 1 is 1.52 bits per heavy atom. The van der Waals surface area contributed by atoms with Crippen LogP contribution >= 0.6 is 0 Å². The van der Waals surface area contributed by atoms with E-state index in [2.05, 4.69) is 11.8 Å². The number of benzene rings is 1. The third-order valence-electron chi connectivity index (χ3n) is 3.05. The van der Waals surface area contributed by atoms with Crippen LogP contribution < -0.4 is 0 Å². The molecule has 0 aliphatic heterocycles. The maximum Gasteiger partial charge on any atom is 0.257 e. The average molecular weight is 293 g/mol. The molecule has 0 aliphatic carbocycles. The highest BCUT2D eigenvalue weighted by molar-refractivity contribution is 5.94. The number of nitrogens with zero attached hydrogens (tertiary/aromatic N) is 1. The SMILES string of the molecule is CCN(C(=O)c1ccc(C#CCO)cc1F)C(C)COC. The molecular formula is C16H20FNO3. The predicted molar refractivity (Wildman–Crippen MR) is 78.4 cm³/mol. The number of hydrogen-bond donors (Lipinski definition) is 1. The Balaban J connectivity index is 3.01. The van der Waals surface area contributed by atoms with Crippen LogP contribution in [0, 0.1) is 17.7 Å². The first-order valence-electron chi connectivity index (χ1n) is 6.74. The van der Waals surface area contributed by atoms with E-state index in [4.69, 9.17) is 9.84 Å². The monoisotopic (exact) mass is 293 g/mol. The number of methoxy groups -OCH3 is 1. The van der Waals surface area contributed by atoms with Crippen LogP contribution in [0.4, 0.5) is 4.39 Å². The maximum absolute atomic E-state index is 14.1. The van der Waals surface area contributed by atoms with E-state index in [1.165, 1.54) is 12.1 Å². The smallest absolute Gasteiger partial charge is 0.257 e. The Morgan fingerprint density at radius 2 is 2.24 bits per heavy atom. The fraction of sp³-hybridized carbons (Fsp3) is 0.438.